The summed E-state index contributed by atoms with van der Waals surface area (Å²) in [4.78, 5) is 3.91. The van der Waals surface area contributed by atoms with E-state index in [1.807, 2.05) is 22.6 Å². The highest BCUT2D eigenvalue weighted by Gasteiger charge is 2.30. The van der Waals surface area contributed by atoms with Crippen LogP contribution < -0.4 is 4.74 Å². The van der Waals surface area contributed by atoms with Gasteiger partial charge in [-0.1, -0.05) is 0 Å². The van der Waals surface area contributed by atoms with E-state index >= 15 is 0 Å². The molecule has 0 amide bonds. The molecule has 0 aliphatic heterocycles. The van der Waals surface area contributed by atoms with Crippen molar-refractivity contribution in [1.29, 1.82) is 0 Å². The van der Waals surface area contributed by atoms with Crippen molar-refractivity contribution in [3.63, 3.8) is 0 Å². The fraction of sp³-hybridized carbons (Fsp3) is 0.0833. The molecule has 2 aromatic rings. The third kappa shape index (κ3) is 3.79. The lowest BCUT2D eigenvalue weighted by Gasteiger charge is -2.09. The second-order valence-corrected chi connectivity index (χ2v) is 4.72. The van der Waals surface area contributed by atoms with Crippen LogP contribution in [0.4, 0.5) is 17.6 Å². The van der Waals surface area contributed by atoms with Crippen LogP contribution in [0.25, 0.3) is 11.3 Å². The van der Waals surface area contributed by atoms with Gasteiger partial charge in [0, 0.05) is 9.13 Å². The Hall–Kier alpha value is -1.38. The van der Waals surface area contributed by atoms with Crippen LogP contribution in [0.5, 0.6) is 5.75 Å². The number of nitrogens with zero attached hydrogens (tertiary/aromatic N) is 1. The predicted octanol–water partition coefficient (Wildman–Crippen LogP) is 4.39. The number of benzene rings is 1. The zero-order valence-electron chi connectivity index (χ0n) is 9.21. The molecule has 0 fully saturated rings. The van der Waals surface area contributed by atoms with E-state index in [0.29, 0.717) is 14.8 Å². The number of hydrogen-bond donors (Lipinski definition) is 0. The van der Waals surface area contributed by atoms with Crippen molar-refractivity contribution < 1.29 is 22.3 Å². The number of ether oxygens (including phenoxy) is 1. The van der Waals surface area contributed by atoms with Crippen LogP contribution in [0.3, 0.4) is 0 Å². The Bertz CT molecular complexity index is 583. The summed E-state index contributed by atoms with van der Waals surface area (Å²) in [5.41, 5.74) is 1.08. The van der Waals surface area contributed by atoms with Crippen molar-refractivity contribution in [1.82, 2.24) is 4.98 Å². The van der Waals surface area contributed by atoms with Crippen LogP contribution in [-0.4, -0.2) is 11.3 Å². The average molecular weight is 383 g/mol. The number of halogens is 5. The van der Waals surface area contributed by atoms with Crippen LogP contribution in [0.2, 0.25) is 0 Å². The first kappa shape index (κ1) is 14.0. The molecule has 1 aromatic carbocycles. The molecule has 0 saturated heterocycles. The average Bonchev–Trinajstić information content (AvgIpc) is 2.28. The van der Waals surface area contributed by atoms with Gasteiger partial charge in [0.2, 0.25) is 0 Å². The van der Waals surface area contributed by atoms with Gasteiger partial charge in [-0.3, -0.25) is 4.98 Å². The standard InChI is InChI=1S/C12H6F4INO/c13-8-5-10(17)11(18-6-8)7-1-3-9(4-2-7)19-12(14,15)16/h1-6H. The van der Waals surface area contributed by atoms with E-state index < -0.39 is 12.2 Å². The smallest absolute Gasteiger partial charge is 0.406 e. The van der Waals surface area contributed by atoms with Gasteiger partial charge in [-0.25, -0.2) is 4.39 Å². The van der Waals surface area contributed by atoms with Gasteiger partial charge in [-0.2, -0.15) is 0 Å². The molecule has 2 rings (SSSR count). The lowest BCUT2D eigenvalue weighted by Crippen LogP contribution is -2.16. The van der Waals surface area contributed by atoms with Crippen molar-refractivity contribution in [3.8, 4) is 17.0 Å². The Kier molecular flexibility index (Phi) is 3.93. The number of pyridine rings is 1. The zero-order valence-corrected chi connectivity index (χ0v) is 11.4. The quantitative estimate of drug-likeness (QED) is 0.567. The molecule has 1 heterocycles. The summed E-state index contributed by atoms with van der Waals surface area (Å²) in [6.45, 7) is 0. The van der Waals surface area contributed by atoms with Crippen molar-refractivity contribution in [2.24, 2.45) is 0 Å². The maximum Gasteiger partial charge on any atom is 0.573 e. The molecule has 19 heavy (non-hydrogen) atoms. The highest BCUT2D eigenvalue weighted by atomic mass is 127. The highest BCUT2D eigenvalue weighted by Crippen LogP contribution is 2.27. The second kappa shape index (κ2) is 5.32. The second-order valence-electron chi connectivity index (χ2n) is 3.56. The Morgan fingerprint density at radius 3 is 2.26 bits per heavy atom. The molecule has 0 aliphatic carbocycles. The minimum Gasteiger partial charge on any atom is -0.406 e. The Balaban J connectivity index is 2.27. The number of hydrogen-bond acceptors (Lipinski definition) is 2. The molecule has 1 aromatic heterocycles. The van der Waals surface area contributed by atoms with E-state index in [9.17, 15) is 17.6 Å². The summed E-state index contributed by atoms with van der Waals surface area (Å²) >= 11 is 1.91. The maximum atomic E-state index is 12.9. The van der Waals surface area contributed by atoms with E-state index in [0.717, 1.165) is 6.20 Å². The van der Waals surface area contributed by atoms with Gasteiger partial charge in [0.25, 0.3) is 0 Å². The predicted molar refractivity (Wildman–Crippen MR) is 69.0 cm³/mol. The Labute approximate surface area is 119 Å². The molecule has 0 bridgehead atoms. The van der Waals surface area contributed by atoms with Gasteiger partial charge >= 0.3 is 6.36 Å². The molecule has 100 valence electrons. The van der Waals surface area contributed by atoms with E-state index in [1.165, 1.54) is 30.3 Å². The van der Waals surface area contributed by atoms with Crippen LogP contribution >= 0.6 is 22.6 Å². The largest absolute Gasteiger partial charge is 0.573 e. The summed E-state index contributed by atoms with van der Waals surface area (Å²) in [5, 5.41) is 0. The number of rotatable bonds is 2. The number of aromatic nitrogens is 1. The molecule has 0 N–H and O–H groups in total. The lowest BCUT2D eigenvalue weighted by atomic mass is 10.1. The zero-order chi connectivity index (χ0) is 14.0. The summed E-state index contributed by atoms with van der Waals surface area (Å²) in [6, 6.07) is 6.53. The van der Waals surface area contributed by atoms with E-state index in [2.05, 4.69) is 9.72 Å². The topological polar surface area (TPSA) is 22.1 Å². The summed E-state index contributed by atoms with van der Waals surface area (Å²) in [6.07, 6.45) is -3.66. The van der Waals surface area contributed by atoms with Gasteiger partial charge in [-0.15, -0.1) is 13.2 Å². The maximum absolute atomic E-state index is 12.9. The third-order valence-corrected chi connectivity index (χ3v) is 2.99. The lowest BCUT2D eigenvalue weighted by molar-refractivity contribution is -0.274. The minimum atomic E-state index is -4.72. The fourth-order valence-corrected chi connectivity index (χ4v) is 2.19. The fourth-order valence-electron chi connectivity index (χ4n) is 1.44. The summed E-state index contributed by atoms with van der Waals surface area (Å²) in [5.74, 6) is -0.779. The van der Waals surface area contributed by atoms with E-state index in [1.54, 1.807) is 0 Å². The van der Waals surface area contributed by atoms with Gasteiger partial charge in [-0.05, 0) is 52.9 Å². The molecule has 0 atom stereocenters. The van der Waals surface area contributed by atoms with Gasteiger partial charge in [0.05, 0.1) is 11.9 Å². The molecule has 7 heteroatoms. The molecule has 0 spiro atoms. The molecule has 0 unspecified atom stereocenters. The first-order valence-corrected chi connectivity index (χ1v) is 6.10. The summed E-state index contributed by atoms with van der Waals surface area (Å²) in [7, 11) is 0. The van der Waals surface area contributed by atoms with Crippen LogP contribution in [0.1, 0.15) is 0 Å². The van der Waals surface area contributed by atoms with Gasteiger partial charge in [0.15, 0.2) is 0 Å². The highest BCUT2D eigenvalue weighted by molar-refractivity contribution is 14.1. The Morgan fingerprint density at radius 1 is 1.11 bits per heavy atom. The molecule has 0 radical (unpaired) electrons. The van der Waals surface area contributed by atoms with Crippen LogP contribution in [0.15, 0.2) is 36.5 Å². The van der Waals surface area contributed by atoms with Crippen molar-refractivity contribution in [2.45, 2.75) is 6.36 Å². The molecular weight excluding hydrogens is 377 g/mol. The van der Waals surface area contributed by atoms with Crippen LogP contribution in [-0.2, 0) is 0 Å². The summed E-state index contributed by atoms with van der Waals surface area (Å²) < 4.78 is 53.2. The monoisotopic (exact) mass is 383 g/mol. The normalized spacial score (nSPS) is 11.4. The van der Waals surface area contributed by atoms with Crippen molar-refractivity contribution in [2.75, 3.05) is 0 Å². The molecule has 2 nitrogen and oxygen atoms in total. The molecule has 0 aliphatic rings. The SMILES string of the molecule is Fc1cnc(-c2ccc(OC(F)(F)F)cc2)c(I)c1. The Morgan fingerprint density at radius 2 is 1.74 bits per heavy atom. The minimum absolute atomic E-state index is 0.312. The number of alkyl halides is 3. The third-order valence-electron chi connectivity index (χ3n) is 2.17. The van der Waals surface area contributed by atoms with Gasteiger partial charge in [0.1, 0.15) is 11.6 Å². The molecular formula is C12H6F4INO. The first-order valence-electron chi connectivity index (χ1n) is 5.02. The van der Waals surface area contributed by atoms with E-state index in [4.69, 9.17) is 0 Å². The van der Waals surface area contributed by atoms with Crippen LogP contribution in [0, 0.1) is 9.39 Å². The molecule has 0 saturated carbocycles. The van der Waals surface area contributed by atoms with Crippen molar-refractivity contribution in [3.05, 3.63) is 45.9 Å². The van der Waals surface area contributed by atoms with Gasteiger partial charge < -0.3 is 4.74 Å². The van der Waals surface area contributed by atoms with E-state index in [-0.39, 0.29) is 5.75 Å². The first-order chi connectivity index (χ1) is 8.85. The van der Waals surface area contributed by atoms with Crippen molar-refractivity contribution >= 4 is 22.6 Å².